The molecule has 0 saturated heterocycles. The number of amides is 3. The molecule has 1 heterocycles. The van der Waals surface area contributed by atoms with E-state index in [0.717, 1.165) is 37.7 Å². The van der Waals surface area contributed by atoms with E-state index in [9.17, 15) is 14.4 Å². The van der Waals surface area contributed by atoms with Crippen molar-refractivity contribution in [2.24, 2.45) is 5.92 Å². The number of nitrogens with zero attached hydrogens (tertiary/aromatic N) is 1. The van der Waals surface area contributed by atoms with Crippen molar-refractivity contribution in [1.82, 2.24) is 15.5 Å². The van der Waals surface area contributed by atoms with Gasteiger partial charge in [0.05, 0.1) is 12.8 Å². The highest BCUT2D eigenvalue weighted by molar-refractivity contribution is 5.95. The SMILES string of the molecule is CC(C)CCN(C(=O)CNC(=O)c1ccco1)[C@@H](C(=O)NC1CCCC1)c1ccccc1. The molecule has 1 aromatic carbocycles. The number of hydrogen-bond acceptors (Lipinski definition) is 4. The maximum absolute atomic E-state index is 13.4. The van der Waals surface area contributed by atoms with Gasteiger partial charge in [0.2, 0.25) is 11.8 Å². The first-order valence-corrected chi connectivity index (χ1v) is 11.4. The maximum Gasteiger partial charge on any atom is 0.287 e. The highest BCUT2D eigenvalue weighted by atomic mass is 16.3. The van der Waals surface area contributed by atoms with Gasteiger partial charge < -0.3 is 20.0 Å². The summed E-state index contributed by atoms with van der Waals surface area (Å²) in [6.07, 6.45) is 6.30. The Labute approximate surface area is 189 Å². The van der Waals surface area contributed by atoms with Gasteiger partial charge in [-0.2, -0.15) is 0 Å². The van der Waals surface area contributed by atoms with Crippen molar-refractivity contribution < 1.29 is 18.8 Å². The minimum atomic E-state index is -0.747. The molecular weight excluding hydrogens is 406 g/mol. The van der Waals surface area contributed by atoms with Crippen molar-refractivity contribution in [1.29, 1.82) is 0 Å². The highest BCUT2D eigenvalue weighted by Gasteiger charge is 2.33. The van der Waals surface area contributed by atoms with Crippen LogP contribution >= 0.6 is 0 Å². The third-order valence-corrected chi connectivity index (χ3v) is 5.79. The minimum absolute atomic E-state index is 0.144. The Morgan fingerprint density at radius 3 is 2.41 bits per heavy atom. The summed E-state index contributed by atoms with van der Waals surface area (Å²) in [5, 5.41) is 5.77. The quantitative estimate of drug-likeness (QED) is 0.591. The molecule has 0 aliphatic heterocycles. The zero-order chi connectivity index (χ0) is 22.9. The van der Waals surface area contributed by atoms with Gasteiger partial charge in [-0.15, -0.1) is 0 Å². The first kappa shape index (κ1) is 23.6. The normalized spacial score (nSPS) is 14.8. The summed E-state index contributed by atoms with van der Waals surface area (Å²) in [6, 6.07) is 11.9. The molecule has 7 nitrogen and oxygen atoms in total. The van der Waals surface area contributed by atoms with E-state index >= 15 is 0 Å². The molecule has 2 aromatic rings. The van der Waals surface area contributed by atoms with E-state index in [0.29, 0.717) is 12.5 Å². The van der Waals surface area contributed by atoms with E-state index in [4.69, 9.17) is 4.42 Å². The summed E-state index contributed by atoms with van der Waals surface area (Å²) in [5.41, 5.74) is 0.762. The topological polar surface area (TPSA) is 91.7 Å². The molecule has 3 rings (SSSR count). The second kappa shape index (κ2) is 11.5. The lowest BCUT2D eigenvalue weighted by Crippen LogP contribution is -2.49. The third kappa shape index (κ3) is 6.45. The second-order valence-electron chi connectivity index (χ2n) is 8.73. The van der Waals surface area contributed by atoms with Crippen LogP contribution in [0.2, 0.25) is 0 Å². The summed E-state index contributed by atoms with van der Waals surface area (Å²) in [4.78, 5) is 40.5. The van der Waals surface area contributed by atoms with Crippen molar-refractivity contribution in [2.75, 3.05) is 13.1 Å². The van der Waals surface area contributed by atoms with Gasteiger partial charge in [-0.05, 0) is 42.9 Å². The largest absolute Gasteiger partial charge is 0.459 e. The fraction of sp³-hybridized carbons (Fsp3) is 0.480. The average molecular weight is 440 g/mol. The molecule has 1 atom stereocenters. The van der Waals surface area contributed by atoms with Crippen LogP contribution in [0.3, 0.4) is 0 Å². The van der Waals surface area contributed by atoms with Crippen LogP contribution in [0.5, 0.6) is 0 Å². The summed E-state index contributed by atoms with van der Waals surface area (Å²) in [7, 11) is 0. The van der Waals surface area contributed by atoms with Crippen molar-refractivity contribution in [2.45, 2.75) is 58.0 Å². The molecule has 1 aromatic heterocycles. The van der Waals surface area contributed by atoms with Gasteiger partial charge in [-0.3, -0.25) is 14.4 Å². The lowest BCUT2D eigenvalue weighted by Gasteiger charge is -2.33. The molecule has 172 valence electrons. The molecule has 7 heteroatoms. The Balaban J connectivity index is 1.80. The van der Waals surface area contributed by atoms with Gasteiger partial charge in [0, 0.05) is 12.6 Å². The molecule has 0 spiro atoms. The molecule has 32 heavy (non-hydrogen) atoms. The van der Waals surface area contributed by atoms with E-state index in [1.807, 2.05) is 30.3 Å². The Bertz CT molecular complexity index is 874. The standard InChI is InChI=1S/C25H33N3O4/c1-18(2)14-15-28(22(29)17-26-24(30)21-13-8-16-32-21)23(19-9-4-3-5-10-19)25(31)27-20-11-6-7-12-20/h3-5,8-10,13,16,18,20,23H,6-7,11-12,14-15,17H2,1-2H3,(H,26,30)(H,27,31)/t23-/m1/s1. The van der Waals surface area contributed by atoms with E-state index < -0.39 is 11.9 Å². The fourth-order valence-corrected chi connectivity index (χ4v) is 4.01. The number of carbonyl (C=O) groups is 3. The fourth-order valence-electron chi connectivity index (χ4n) is 4.01. The zero-order valence-electron chi connectivity index (χ0n) is 18.9. The lowest BCUT2D eigenvalue weighted by molar-refractivity contribution is -0.140. The molecule has 2 N–H and O–H groups in total. The van der Waals surface area contributed by atoms with Gasteiger partial charge in [-0.25, -0.2) is 0 Å². The number of benzene rings is 1. The Morgan fingerprint density at radius 1 is 1.06 bits per heavy atom. The van der Waals surface area contributed by atoms with E-state index in [-0.39, 0.29) is 30.2 Å². The van der Waals surface area contributed by atoms with E-state index in [2.05, 4.69) is 24.5 Å². The Kier molecular flexibility index (Phi) is 8.48. The molecule has 1 saturated carbocycles. The summed E-state index contributed by atoms with van der Waals surface area (Å²) in [6.45, 7) is 4.37. The monoisotopic (exact) mass is 439 g/mol. The average Bonchev–Trinajstić information content (AvgIpc) is 3.49. The second-order valence-corrected chi connectivity index (χ2v) is 8.73. The van der Waals surface area contributed by atoms with Gasteiger partial charge in [0.15, 0.2) is 5.76 Å². The number of carbonyl (C=O) groups excluding carboxylic acids is 3. The number of nitrogens with one attached hydrogen (secondary N) is 2. The third-order valence-electron chi connectivity index (χ3n) is 5.79. The molecular formula is C25H33N3O4. The molecule has 0 bridgehead atoms. The summed E-state index contributed by atoms with van der Waals surface area (Å²) >= 11 is 0. The van der Waals surface area contributed by atoms with Crippen LogP contribution in [-0.2, 0) is 9.59 Å². The predicted molar refractivity (Wildman–Crippen MR) is 122 cm³/mol. The van der Waals surface area contributed by atoms with Crippen molar-refractivity contribution in [3.05, 3.63) is 60.1 Å². The first-order chi connectivity index (χ1) is 15.5. The molecule has 1 fully saturated rings. The Morgan fingerprint density at radius 2 is 1.78 bits per heavy atom. The van der Waals surface area contributed by atoms with Crippen LogP contribution in [0, 0.1) is 5.92 Å². The highest BCUT2D eigenvalue weighted by Crippen LogP contribution is 2.25. The molecule has 1 aliphatic carbocycles. The Hall–Kier alpha value is -3.09. The lowest BCUT2D eigenvalue weighted by atomic mass is 10.0. The summed E-state index contributed by atoms with van der Waals surface area (Å²) < 4.78 is 5.10. The maximum atomic E-state index is 13.4. The molecule has 1 aliphatic rings. The van der Waals surface area contributed by atoms with Crippen LogP contribution in [-0.4, -0.2) is 41.8 Å². The van der Waals surface area contributed by atoms with Crippen molar-refractivity contribution in [3.63, 3.8) is 0 Å². The smallest absolute Gasteiger partial charge is 0.287 e. The van der Waals surface area contributed by atoms with Crippen LogP contribution in [0.1, 0.15) is 68.1 Å². The first-order valence-electron chi connectivity index (χ1n) is 11.4. The molecule has 3 amide bonds. The zero-order valence-corrected chi connectivity index (χ0v) is 18.9. The number of furan rings is 1. The van der Waals surface area contributed by atoms with Gasteiger partial charge in [-0.1, -0.05) is 57.0 Å². The minimum Gasteiger partial charge on any atom is -0.459 e. The number of rotatable bonds is 10. The van der Waals surface area contributed by atoms with E-state index in [1.165, 1.54) is 12.3 Å². The molecule has 0 unspecified atom stereocenters. The van der Waals surface area contributed by atoms with Gasteiger partial charge >= 0.3 is 0 Å². The van der Waals surface area contributed by atoms with Crippen LogP contribution in [0.15, 0.2) is 53.1 Å². The van der Waals surface area contributed by atoms with Gasteiger partial charge in [0.25, 0.3) is 5.91 Å². The van der Waals surface area contributed by atoms with Crippen LogP contribution in [0.25, 0.3) is 0 Å². The van der Waals surface area contributed by atoms with Crippen molar-refractivity contribution in [3.8, 4) is 0 Å². The summed E-state index contributed by atoms with van der Waals surface area (Å²) in [5.74, 6) is -0.431. The van der Waals surface area contributed by atoms with Crippen molar-refractivity contribution >= 4 is 17.7 Å². The number of hydrogen-bond donors (Lipinski definition) is 2. The van der Waals surface area contributed by atoms with Crippen LogP contribution < -0.4 is 10.6 Å². The van der Waals surface area contributed by atoms with Crippen LogP contribution in [0.4, 0.5) is 0 Å². The van der Waals surface area contributed by atoms with E-state index in [1.54, 1.807) is 11.0 Å². The molecule has 0 radical (unpaired) electrons. The predicted octanol–water partition coefficient (Wildman–Crippen LogP) is 3.68. The van der Waals surface area contributed by atoms with Gasteiger partial charge in [0.1, 0.15) is 6.04 Å².